The highest BCUT2D eigenvalue weighted by atomic mass is 79.9. The molecule has 1 aliphatic heterocycles. The van der Waals surface area contributed by atoms with Gasteiger partial charge in [-0.3, -0.25) is 4.90 Å². The SMILES string of the molecule is OCCN(Cc1cc2c(cc1Br)OCCO2)C1CCCC1. The minimum Gasteiger partial charge on any atom is -0.486 e. The Balaban J connectivity index is 1.78. The number of aliphatic hydroxyl groups excluding tert-OH is 1. The number of ether oxygens (including phenoxy) is 2. The summed E-state index contributed by atoms with van der Waals surface area (Å²) in [4.78, 5) is 2.39. The molecule has 5 heteroatoms. The average Bonchev–Trinajstić information content (AvgIpc) is 3.01. The van der Waals surface area contributed by atoms with Crippen LogP contribution in [0.15, 0.2) is 16.6 Å². The Bertz CT molecular complexity index is 489. The number of nitrogens with zero attached hydrogens (tertiary/aromatic N) is 1. The van der Waals surface area contributed by atoms with Crippen molar-refractivity contribution >= 4 is 15.9 Å². The van der Waals surface area contributed by atoms with Gasteiger partial charge in [0.05, 0.1) is 6.61 Å². The van der Waals surface area contributed by atoms with Crippen LogP contribution < -0.4 is 9.47 Å². The molecule has 1 aromatic rings. The smallest absolute Gasteiger partial charge is 0.162 e. The molecule has 0 radical (unpaired) electrons. The van der Waals surface area contributed by atoms with Gasteiger partial charge in [0, 0.05) is 23.6 Å². The van der Waals surface area contributed by atoms with Crippen molar-refractivity contribution in [1.29, 1.82) is 0 Å². The number of hydrogen-bond acceptors (Lipinski definition) is 4. The van der Waals surface area contributed by atoms with Gasteiger partial charge in [-0.15, -0.1) is 0 Å². The van der Waals surface area contributed by atoms with Gasteiger partial charge in [-0.05, 0) is 30.5 Å². The predicted molar refractivity (Wildman–Crippen MR) is 84.9 cm³/mol. The van der Waals surface area contributed by atoms with E-state index in [4.69, 9.17) is 9.47 Å². The molecule has 0 amide bonds. The molecule has 1 fully saturated rings. The molecule has 0 bridgehead atoms. The van der Waals surface area contributed by atoms with E-state index < -0.39 is 0 Å². The molecule has 0 unspecified atom stereocenters. The van der Waals surface area contributed by atoms with Gasteiger partial charge in [0.2, 0.25) is 0 Å². The normalized spacial score (nSPS) is 18.4. The van der Waals surface area contributed by atoms with Crippen LogP contribution in [-0.4, -0.2) is 42.4 Å². The van der Waals surface area contributed by atoms with E-state index in [1.807, 2.05) is 6.07 Å². The maximum atomic E-state index is 9.34. The number of fused-ring (bicyclic) bond motifs is 1. The first-order valence-electron chi connectivity index (χ1n) is 7.71. The monoisotopic (exact) mass is 355 g/mol. The molecule has 1 saturated carbocycles. The van der Waals surface area contributed by atoms with Crippen molar-refractivity contribution in [3.63, 3.8) is 0 Å². The van der Waals surface area contributed by atoms with Crippen LogP contribution in [-0.2, 0) is 6.54 Å². The van der Waals surface area contributed by atoms with Crippen LogP contribution in [0.2, 0.25) is 0 Å². The Labute approximate surface area is 134 Å². The maximum absolute atomic E-state index is 9.34. The van der Waals surface area contributed by atoms with Crippen LogP contribution in [0.1, 0.15) is 31.2 Å². The highest BCUT2D eigenvalue weighted by Gasteiger charge is 2.24. The van der Waals surface area contributed by atoms with Crippen LogP contribution >= 0.6 is 15.9 Å². The third kappa shape index (κ3) is 3.52. The lowest BCUT2D eigenvalue weighted by Gasteiger charge is -2.29. The van der Waals surface area contributed by atoms with Crippen LogP contribution in [0.5, 0.6) is 11.5 Å². The molecule has 0 spiro atoms. The predicted octanol–water partition coefficient (Wildman–Crippen LogP) is 2.96. The van der Waals surface area contributed by atoms with Crippen molar-refractivity contribution < 1.29 is 14.6 Å². The molecular formula is C16H22BrNO3. The molecule has 1 aromatic carbocycles. The Morgan fingerprint density at radius 2 is 1.81 bits per heavy atom. The minimum absolute atomic E-state index is 0.207. The molecule has 1 heterocycles. The first-order chi connectivity index (χ1) is 10.3. The molecule has 0 atom stereocenters. The lowest BCUT2D eigenvalue weighted by molar-refractivity contribution is 0.143. The zero-order chi connectivity index (χ0) is 14.7. The zero-order valence-electron chi connectivity index (χ0n) is 12.2. The highest BCUT2D eigenvalue weighted by molar-refractivity contribution is 9.10. The summed E-state index contributed by atoms with van der Waals surface area (Å²) < 4.78 is 12.3. The lowest BCUT2D eigenvalue weighted by Crippen LogP contribution is -2.35. The van der Waals surface area contributed by atoms with Crippen LogP contribution in [0.3, 0.4) is 0 Å². The van der Waals surface area contributed by atoms with Gasteiger partial charge in [0.25, 0.3) is 0 Å². The quantitative estimate of drug-likeness (QED) is 0.881. The molecular weight excluding hydrogens is 334 g/mol. The third-order valence-electron chi connectivity index (χ3n) is 4.31. The summed E-state index contributed by atoms with van der Waals surface area (Å²) in [5.41, 5.74) is 1.19. The van der Waals surface area contributed by atoms with Gasteiger partial charge in [0.15, 0.2) is 11.5 Å². The fourth-order valence-corrected chi connectivity index (χ4v) is 3.68. The van der Waals surface area contributed by atoms with E-state index in [0.29, 0.717) is 19.3 Å². The van der Waals surface area contributed by atoms with Gasteiger partial charge in [-0.2, -0.15) is 0 Å². The van der Waals surface area contributed by atoms with E-state index in [1.165, 1.54) is 31.2 Å². The first kappa shape index (κ1) is 15.1. The third-order valence-corrected chi connectivity index (χ3v) is 5.05. The molecule has 21 heavy (non-hydrogen) atoms. The lowest BCUT2D eigenvalue weighted by atomic mass is 10.1. The van der Waals surface area contributed by atoms with Crippen LogP contribution in [0, 0.1) is 0 Å². The number of aliphatic hydroxyl groups is 1. The van der Waals surface area contributed by atoms with Crippen LogP contribution in [0.25, 0.3) is 0 Å². The Morgan fingerprint density at radius 3 is 2.48 bits per heavy atom. The van der Waals surface area contributed by atoms with E-state index in [-0.39, 0.29) is 6.61 Å². The average molecular weight is 356 g/mol. The van der Waals surface area contributed by atoms with Crippen molar-refractivity contribution in [3.8, 4) is 11.5 Å². The standard InChI is InChI=1S/C16H22BrNO3/c17-14-10-16-15(20-7-8-21-16)9-12(14)11-18(5-6-19)13-3-1-2-4-13/h9-10,13,19H,1-8,11H2. The summed E-state index contributed by atoms with van der Waals surface area (Å²) in [6.45, 7) is 2.99. The van der Waals surface area contributed by atoms with Gasteiger partial charge in [-0.25, -0.2) is 0 Å². The molecule has 116 valence electrons. The summed E-state index contributed by atoms with van der Waals surface area (Å²) in [5, 5.41) is 9.34. The summed E-state index contributed by atoms with van der Waals surface area (Å²) in [7, 11) is 0. The van der Waals surface area contributed by atoms with Gasteiger partial charge in [0.1, 0.15) is 13.2 Å². The number of hydrogen-bond donors (Lipinski definition) is 1. The molecule has 1 aliphatic carbocycles. The number of benzene rings is 1. The number of halogens is 1. The zero-order valence-corrected chi connectivity index (χ0v) is 13.8. The molecule has 3 rings (SSSR count). The molecule has 4 nitrogen and oxygen atoms in total. The Hall–Kier alpha value is -0.780. The van der Waals surface area contributed by atoms with E-state index in [1.54, 1.807) is 0 Å². The summed E-state index contributed by atoms with van der Waals surface area (Å²) in [5.74, 6) is 1.64. The van der Waals surface area contributed by atoms with E-state index in [9.17, 15) is 5.11 Å². The second-order valence-electron chi connectivity index (χ2n) is 5.72. The topological polar surface area (TPSA) is 41.9 Å². The second-order valence-corrected chi connectivity index (χ2v) is 6.57. The van der Waals surface area contributed by atoms with Gasteiger partial charge < -0.3 is 14.6 Å². The fraction of sp³-hybridized carbons (Fsp3) is 0.625. The van der Waals surface area contributed by atoms with E-state index in [2.05, 4.69) is 26.9 Å². The second kappa shape index (κ2) is 6.99. The largest absolute Gasteiger partial charge is 0.486 e. The highest BCUT2D eigenvalue weighted by Crippen LogP contribution is 2.36. The molecule has 0 saturated heterocycles. The molecule has 0 aromatic heterocycles. The van der Waals surface area contributed by atoms with Crippen molar-refractivity contribution in [1.82, 2.24) is 4.90 Å². The van der Waals surface area contributed by atoms with E-state index in [0.717, 1.165) is 29.1 Å². The Kier molecular flexibility index (Phi) is 5.03. The fourth-order valence-electron chi connectivity index (χ4n) is 3.23. The van der Waals surface area contributed by atoms with Gasteiger partial charge >= 0.3 is 0 Å². The van der Waals surface area contributed by atoms with Crippen molar-refractivity contribution in [3.05, 3.63) is 22.2 Å². The first-order valence-corrected chi connectivity index (χ1v) is 8.50. The van der Waals surface area contributed by atoms with Crippen molar-refractivity contribution in [2.45, 2.75) is 38.3 Å². The number of rotatable bonds is 5. The van der Waals surface area contributed by atoms with Crippen LogP contribution in [0.4, 0.5) is 0 Å². The summed E-state index contributed by atoms with van der Waals surface area (Å²) >= 11 is 3.64. The summed E-state index contributed by atoms with van der Waals surface area (Å²) in [6.07, 6.45) is 5.08. The Morgan fingerprint density at radius 1 is 1.14 bits per heavy atom. The molecule has 1 N–H and O–H groups in total. The maximum Gasteiger partial charge on any atom is 0.162 e. The van der Waals surface area contributed by atoms with Crippen molar-refractivity contribution in [2.75, 3.05) is 26.4 Å². The summed E-state index contributed by atoms with van der Waals surface area (Å²) in [6, 6.07) is 4.66. The van der Waals surface area contributed by atoms with Gasteiger partial charge in [-0.1, -0.05) is 28.8 Å². The molecule has 2 aliphatic rings. The van der Waals surface area contributed by atoms with Crippen molar-refractivity contribution in [2.24, 2.45) is 0 Å². The van der Waals surface area contributed by atoms with E-state index >= 15 is 0 Å². The minimum atomic E-state index is 0.207.